The van der Waals surface area contributed by atoms with Gasteiger partial charge in [-0.15, -0.1) is 0 Å². The highest BCUT2D eigenvalue weighted by Gasteiger charge is 2.55. The number of aliphatic hydroxyl groups excluding tert-OH is 1. The monoisotopic (exact) mass is 336 g/mol. The van der Waals surface area contributed by atoms with E-state index in [1.807, 2.05) is 6.07 Å². The Hall–Kier alpha value is -1.92. The van der Waals surface area contributed by atoms with E-state index in [1.165, 1.54) is 0 Å². The van der Waals surface area contributed by atoms with Crippen LogP contribution in [-0.2, 0) is 15.0 Å². The molecule has 4 atom stereocenters. The van der Waals surface area contributed by atoms with Crippen molar-refractivity contribution in [3.8, 4) is 11.8 Å². The van der Waals surface area contributed by atoms with Crippen LogP contribution in [0.5, 0.6) is 5.75 Å². The van der Waals surface area contributed by atoms with E-state index in [9.17, 15) is 18.8 Å². The molecule has 23 heavy (non-hydrogen) atoms. The number of hydrogen-bond donors (Lipinski definition) is 2. The van der Waals surface area contributed by atoms with Gasteiger partial charge in [0.1, 0.15) is 24.0 Å². The number of fused-ring (bicyclic) bond motifs is 1. The van der Waals surface area contributed by atoms with Gasteiger partial charge in [0.2, 0.25) is 15.9 Å². The van der Waals surface area contributed by atoms with Crippen molar-refractivity contribution in [2.75, 3.05) is 6.61 Å². The molecule has 0 aliphatic carbocycles. The molecule has 8 heteroatoms. The van der Waals surface area contributed by atoms with Crippen LogP contribution < -0.4 is 10.5 Å². The molecule has 3 N–H and O–H groups in total. The number of nitrogens with two attached hydrogens (primary N) is 1. The highest BCUT2D eigenvalue weighted by molar-refractivity contribution is 7.73. The topological polar surface area (TPSA) is 123 Å². The summed E-state index contributed by atoms with van der Waals surface area (Å²) >= 11 is 0. The summed E-state index contributed by atoms with van der Waals surface area (Å²) in [6.45, 7) is 0.143. The summed E-state index contributed by atoms with van der Waals surface area (Å²) in [4.78, 5) is 0.249. The van der Waals surface area contributed by atoms with Crippen LogP contribution in [0.15, 0.2) is 24.3 Å². The van der Waals surface area contributed by atoms with Crippen LogP contribution in [0.2, 0.25) is 0 Å². The van der Waals surface area contributed by atoms with Gasteiger partial charge in [-0.05, 0) is 6.07 Å². The van der Waals surface area contributed by atoms with Crippen LogP contribution in [0, 0.1) is 11.3 Å². The molecule has 3 rings (SSSR count). The van der Waals surface area contributed by atoms with Gasteiger partial charge < -0.3 is 20.3 Å². The van der Waals surface area contributed by atoms with Crippen LogP contribution in [0.4, 0.5) is 0 Å². The number of hydrogen-bond acceptors (Lipinski definition) is 7. The standard InChI is InChI=1S/C15H16N2O5S/c16-8-15(12-7-9(23(19)20)5-6-21-12)14(18)13(17)10-3-1-2-4-11(10)22-15/h1-4,12-14,18H,5-7,17H2/t12?,13-,14+,15?/m1/s1. The zero-order valence-corrected chi connectivity index (χ0v) is 13.0. The van der Waals surface area contributed by atoms with E-state index < -0.39 is 34.1 Å². The SMILES string of the molecule is N#CC1(C2CC(=S(=O)=O)CCO2)Oc2ccccc2[C@@H](N)[C@@H]1O. The molecule has 0 spiro atoms. The molecule has 0 radical (unpaired) electrons. The molecule has 1 aromatic rings. The lowest BCUT2D eigenvalue weighted by Crippen LogP contribution is -2.63. The summed E-state index contributed by atoms with van der Waals surface area (Å²) in [5, 5.41) is 20.3. The van der Waals surface area contributed by atoms with Crippen molar-refractivity contribution in [2.45, 2.75) is 36.7 Å². The van der Waals surface area contributed by atoms with E-state index in [2.05, 4.69) is 0 Å². The number of benzene rings is 1. The molecule has 0 aromatic heterocycles. The molecular weight excluding hydrogens is 320 g/mol. The lowest BCUT2D eigenvalue weighted by atomic mass is 9.79. The maximum atomic E-state index is 11.2. The Bertz CT molecular complexity index is 792. The Morgan fingerprint density at radius 1 is 1.39 bits per heavy atom. The van der Waals surface area contributed by atoms with E-state index in [0.29, 0.717) is 11.3 Å². The first-order valence-corrected chi connectivity index (χ1v) is 8.25. The fourth-order valence-electron chi connectivity index (χ4n) is 3.05. The van der Waals surface area contributed by atoms with Gasteiger partial charge in [0, 0.05) is 18.4 Å². The molecule has 2 aliphatic rings. The maximum absolute atomic E-state index is 11.2. The second kappa shape index (κ2) is 5.94. The van der Waals surface area contributed by atoms with Crippen molar-refractivity contribution < 1.29 is 23.0 Å². The second-order valence-electron chi connectivity index (χ2n) is 5.60. The van der Waals surface area contributed by atoms with E-state index in [1.54, 1.807) is 24.3 Å². The molecule has 2 heterocycles. The second-order valence-corrected chi connectivity index (χ2v) is 6.65. The average Bonchev–Trinajstić information content (AvgIpc) is 2.58. The third-order valence-electron chi connectivity index (χ3n) is 4.34. The molecular formula is C15H16N2O5S. The highest BCUT2D eigenvalue weighted by Crippen LogP contribution is 2.42. The average molecular weight is 336 g/mol. The van der Waals surface area contributed by atoms with Crippen LogP contribution in [0.3, 0.4) is 0 Å². The van der Waals surface area contributed by atoms with Gasteiger partial charge in [-0.3, -0.25) is 0 Å². The van der Waals surface area contributed by atoms with Gasteiger partial charge in [0.25, 0.3) is 0 Å². The summed E-state index contributed by atoms with van der Waals surface area (Å²) < 4.78 is 33.8. The van der Waals surface area contributed by atoms with Crippen molar-refractivity contribution in [2.24, 2.45) is 5.73 Å². The number of nitriles is 1. The molecule has 2 unspecified atom stereocenters. The third kappa shape index (κ3) is 2.52. The first-order valence-electron chi connectivity index (χ1n) is 7.18. The van der Waals surface area contributed by atoms with Crippen molar-refractivity contribution in [1.82, 2.24) is 0 Å². The summed E-state index contributed by atoms with van der Waals surface area (Å²) in [6.07, 6.45) is -1.99. The summed E-state index contributed by atoms with van der Waals surface area (Å²) in [6, 6.07) is 8.02. The van der Waals surface area contributed by atoms with Gasteiger partial charge in [-0.1, -0.05) is 18.2 Å². The van der Waals surface area contributed by atoms with Gasteiger partial charge in [-0.2, -0.15) is 13.7 Å². The predicted octanol–water partition coefficient (Wildman–Crippen LogP) is -0.0674. The Morgan fingerprint density at radius 2 is 2.13 bits per heavy atom. The molecule has 1 saturated heterocycles. The summed E-state index contributed by atoms with van der Waals surface area (Å²) in [5.41, 5.74) is 4.92. The predicted molar refractivity (Wildman–Crippen MR) is 81.3 cm³/mol. The lowest BCUT2D eigenvalue weighted by Gasteiger charge is -2.45. The van der Waals surface area contributed by atoms with Gasteiger partial charge >= 0.3 is 0 Å². The Morgan fingerprint density at radius 3 is 2.83 bits per heavy atom. The molecule has 0 saturated carbocycles. The van der Waals surface area contributed by atoms with E-state index in [4.69, 9.17) is 15.2 Å². The van der Waals surface area contributed by atoms with Crippen molar-refractivity contribution >= 4 is 15.2 Å². The van der Waals surface area contributed by atoms with E-state index >= 15 is 0 Å². The number of para-hydroxylation sites is 1. The zero-order valence-electron chi connectivity index (χ0n) is 12.2. The fourth-order valence-corrected chi connectivity index (χ4v) is 3.59. The Labute approximate surface area is 134 Å². The molecule has 1 fully saturated rings. The minimum Gasteiger partial charge on any atom is -0.466 e. The zero-order chi connectivity index (χ0) is 16.6. The van der Waals surface area contributed by atoms with E-state index in [-0.39, 0.29) is 24.3 Å². The number of rotatable bonds is 1. The summed E-state index contributed by atoms with van der Waals surface area (Å²) in [5.74, 6) is 0.394. The van der Waals surface area contributed by atoms with Crippen LogP contribution in [-0.4, -0.2) is 42.8 Å². The minimum absolute atomic E-state index is 0.00435. The molecule has 0 amide bonds. The largest absolute Gasteiger partial charge is 0.466 e. The van der Waals surface area contributed by atoms with Gasteiger partial charge in [-0.25, -0.2) is 0 Å². The molecule has 2 aliphatic heterocycles. The minimum atomic E-state index is -2.35. The highest BCUT2D eigenvalue weighted by atomic mass is 32.2. The normalized spacial score (nSPS) is 33.3. The maximum Gasteiger partial charge on any atom is 0.247 e. The molecule has 122 valence electrons. The lowest BCUT2D eigenvalue weighted by molar-refractivity contribution is -0.134. The smallest absolute Gasteiger partial charge is 0.247 e. The Balaban J connectivity index is 2.05. The molecule has 1 aromatic carbocycles. The third-order valence-corrected chi connectivity index (χ3v) is 5.18. The fraction of sp³-hybridized carbons (Fsp3) is 0.467. The Kier molecular flexibility index (Phi) is 4.12. The van der Waals surface area contributed by atoms with Crippen molar-refractivity contribution in [1.29, 1.82) is 5.26 Å². The van der Waals surface area contributed by atoms with Crippen LogP contribution in [0.1, 0.15) is 24.4 Å². The first-order chi connectivity index (χ1) is 11.0. The quantitative estimate of drug-likeness (QED) is 0.688. The number of ether oxygens (including phenoxy) is 2. The van der Waals surface area contributed by atoms with Crippen molar-refractivity contribution in [3.63, 3.8) is 0 Å². The van der Waals surface area contributed by atoms with Gasteiger partial charge in [0.05, 0.1) is 17.5 Å². The molecule has 7 nitrogen and oxygen atoms in total. The summed E-state index contributed by atoms with van der Waals surface area (Å²) in [7, 11) is -2.35. The van der Waals surface area contributed by atoms with Gasteiger partial charge in [0.15, 0.2) is 0 Å². The van der Waals surface area contributed by atoms with Crippen LogP contribution >= 0.6 is 0 Å². The van der Waals surface area contributed by atoms with E-state index in [0.717, 1.165) is 0 Å². The van der Waals surface area contributed by atoms with Crippen molar-refractivity contribution in [3.05, 3.63) is 29.8 Å². The molecule has 0 bridgehead atoms. The first kappa shape index (κ1) is 16.0. The number of aliphatic hydroxyl groups is 1. The van der Waals surface area contributed by atoms with Crippen LogP contribution in [0.25, 0.3) is 0 Å². The number of nitrogens with zero attached hydrogens (tertiary/aromatic N) is 1.